The molecule has 0 spiro atoms. The van der Waals surface area contributed by atoms with Gasteiger partial charge in [-0.05, 0) is 30.5 Å². The first kappa shape index (κ1) is 17.2. The second-order valence-corrected chi connectivity index (χ2v) is 7.56. The molecule has 0 unspecified atom stereocenters. The number of thioether (sulfide) groups is 1. The SMILES string of the molecule is CCCSc1nc(N[C@H]2C[C@H]2c2ccc(F)c(F)c2)c2ncn(C)c2n1. The number of hydrogen-bond acceptors (Lipinski definition) is 5. The summed E-state index contributed by atoms with van der Waals surface area (Å²) in [6.07, 6.45) is 3.61. The summed E-state index contributed by atoms with van der Waals surface area (Å²) in [6.45, 7) is 2.12. The van der Waals surface area contributed by atoms with Gasteiger partial charge in [-0.1, -0.05) is 24.8 Å². The summed E-state index contributed by atoms with van der Waals surface area (Å²) in [5, 5.41) is 4.13. The van der Waals surface area contributed by atoms with E-state index >= 15 is 0 Å². The molecule has 2 atom stereocenters. The quantitative estimate of drug-likeness (QED) is 0.519. The number of aryl methyl sites for hydroxylation is 1. The Morgan fingerprint density at radius 2 is 2.12 bits per heavy atom. The molecule has 0 bridgehead atoms. The maximum absolute atomic E-state index is 13.5. The van der Waals surface area contributed by atoms with Gasteiger partial charge in [-0.3, -0.25) is 0 Å². The molecule has 1 aromatic carbocycles. The molecule has 0 radical (unpaired) electrons. The van der Waals surface area contributed by atoms with Crippen molar-refractivity contribution in [1.82, 2.24) is 19.5 Å². The van der Waals surface area contributed by atoms with Crippen LogP contribution < -0.4 is 5.32 Å². The van der Waals surface area contributed by atoms with Crippen LogP contribution in [0.2, 0.25) is 0 Å². The largest absolute Gasteiger partial charge is 0.365 e. The molecule has 2 heterocycles. The highest BCUT2D eigenvalue weighted by atomic mass is 32.2. The smallest absolute Gasteiger partial charge is 0.191 e. The zero-order valence-corrected chi connectivity index (χ0v) is 15.4. The first-order chi connectivity index (χ1) is 12.6. The van der Waals surface area contributed by atoms with Crippen LogP contribution in [-0.2, 0) is 7.05 Å². The molecule has 4 rings (SSSR count). The third-order valence-corrected chi connectivity index (χ3v) is 5.51. The molecule has 0 saturated heterocycles. The Bertz CT molecular complexity index is 958. The minimum absolute atomic E-state index is 0.129. The third-order valence-electron chi connectivity index (χ3n) is 4.46. The molecule has 5 nitrogen and oxygen atoms in total. The van der Waals surface area contributed by atoms with Crippen molar-refractivity contribution in [3.8, 4) is 0 Å². The van der Waals surface area contributed by atoms with E-state index < -0.39 is 11.6 Å². The van der Waals surface area contributed by atoms with Crippen LogP contribution in [0, 0.1) is 11.6 Å². The Kier molecular flexibility index (Phi) is 4.52. The molecule has 1 fully saturated rings. The predicted octanol–water partition coefficient (Wildman–Crippen LogP) is 4.11. The fourth-order valence-corrected chi connectivity index (χ4v) is 3.68. The van der Waals surface area contributed by atoms with Gasteiger partial charge in [0.2, 0.25) is 0 Å². The highest BCUT2D eigenvalue weighted by molar-refractivity contribution is 7.99. The molecule has 8 heteroatoms. The molecule has 1 aliphatic carbocycles. The highest BCUT2D eigenvalue weighted by Crippen LogP contribution is 2.43. The fraction of sp³-hybridized carbons (Fsp3) is 0.389. The van der Waals surface area contributed by atoms with Crippen molar-refractivity contribution in [2.24, 2.45) is 7.05 Å². The van der Waals surface area contributed by atoms with Crippen molar-refractivity contribution >= 4 is 28.7 Å². The minimum Gasteiger partial charge on any atom is -0.365 e. The second-order valence-electron chi connectivity index (χ2n) is 6.50. The second kappa shape index (κ2) is 6.83. The Balaban J connectivity index is 1.58. The van der Waals surface area contributed by atoms with Crippen molar-refractivity contribution in [2.45, 2.75) is 36.9 Å². The van der Waals surface area contributed by atoms with Gasteiger partial charge in [0.05, 0.1) is 6.33 Å². The lowest BCUT2D eigenvalue weighted by atomic mass is 10.1. The molecule has 1 aliphatic rings. The number of nitrogens with zero attached hydrogens (tertiary/aromatic N) is 4. The summed E-state index contributed by atoms with van der Waals surface area (Å²) < 4.78 is 28.5. The van der Waals surface area contributed by atoms with Gasteiger partial charge in [0.1, 0.15) is 0 Å². The van der Waals surface area contributed by atoms with E-state index in [0.717, 1.165) is 40.5 Å². The van der Waals surface area contributed by atoms with E-state index in [1.54, 1.807) is 24.2 Å². The van der Waals surface area contributed by atoms with Gasteiger partial charge in [-0.2, -0.15) is 0 Å². The van der Waals surface area contributed by atoms with Gasteiger partial charge in [0, 0.05) is 24.8 Å². The fourth-order valence-electron chi connectivity index (χ4n) is 2.99. The Morgan fingerprint density at radius 3 is 2.88 bits per heavy atom. The van der Waals surface area contributed by atoms with Crippen LogP contribution in [0.4, 0.5) is 14.6 Å². The summed E-state index contributed by atoms with van der Waals surface area (Å²) in [6, 6.07) is 4.23. The molecular weight excluding hydrogens is 356 g/mol. The number of aromatic nitrogens is 4. The monoisotopic (exact) mass is 375 g/mol. The number of halogens is 2. The maximum Gasteiger partial charge on any atom is 0.191 e. The van der Waals surface area contributed by atoms with Gasteiger partial charge < -0.3 is 9.88 Å². The lowest BCUT2D eigenvalue weighted by Gasteiger charge is -2.08. The van der Waals surface area contributed by atoms with Crippen molar-refractivity contribution in [2.75, 3.05) is 11.1 Å². The normalized spacial score (nSPS) is 19.1. The lowest BCUT2D eigenvalue weighted by molar-refractivity contribution is 0.507. The summed E-state index contributed by atoms with van der Waals surface area (Å²) >= 11 is 1.62. The number of hydrogen-bond donors (Lipinski definition) is 1. The van der Waals surface area contributed by atoms with E-state index in [-0.39, 0.29) is 12.0 Å². The number of nitrogens with one attached hydrogen (secondary N) is 1. The van der Waals surface area contributed by atoms with Crippen LogP contribution in [0.25, 0.3) is 11.2 Å². The van der Waals surface area contributed by atoms with E-state index in [0.29, 0.717) is 5.82 Å². The molecule has 2 aromatic heterocycles. The Morgan fingerprint density at radius 1 is 1.27 bits per heavy atom. The van der Waals surface area contributed by atoms with Crippen LogP contribution in [0.5, 0.6) is 0 Å². The topological polar surface area (TPSA) is 55.6 Å². The molecule has 1 saturated carbocycles. The number of fused-ring (bicyclic) bond motifs is 1. The standard InChI is InChI=1S/C18H19F2N5S/c1-3-6-26-18-23-16(15-17(24-18)25(2)9-21-15)22-14-8-11(14)10-4-5-12(19)13(20)7-10/h4-5,7,9,11,14H,3,6,8H2,1-2H3,(H,22,23,24)/t11-,14-/m0/s1. The molecule has 1 N–H and O–H groups in total. The van der Waals surface area contributed by atoms with Gasteiger partial charge in [0.25, 0.3) is 0 Å². The first-order valence-electron chi connectivity index (χ1n) is 8.60. The number of rotatable bonds is 6. The van der Waals surface area contributed by atoms with Crippen LogP contribution in [-0.4, -0.2) is 31.3 Å². The lowest BCUT2D eigenvalue weighted by Crippen LogP contribution is -2.08. The van der Waals surface area contributed by atoms with Gasteiger partial charge in [-0.25, -0.2) is 23.7 Å². The van der Waals surface area contributed by atoms with Crippen molar-refractivity contribution < 1.29 is 8.78 Å². The number of imidazole rings is 1. The average molecular weight is 375 g/mol. The molecular formula is C18H19F2N5S. The summed E-state index contributed by atoms with van der Waals surface area (Å²) in [4.78, 5) is 13.6. The van der Waals surface area contributed by atoms with Crippen LogP contribution in [0.15, 0.2) is 29.7 Å². The summed E-state index contributed by atoms with van der Waals surface area (Å²) in [5.74, 6) is 0.168. The van der Waals surface area contributed by atoms with Gasteiger partial charge >= 0.3 is 0 Å². The average Bonchev–Trinajstić information content (AvgIpc) is 3.29. The van der Waals surface area contributed by atoms with Gasteiger partial charge in [-0.15, -0.1) is 0 Å². The molecule has 26 heavy (non-hydrogen) atoms. The Labute approximate surface area is 154 Å². The number of anilines is 1. The van der Waals surface area contributed by atoms with E-state index in [1.807, 2.05) is 11.6 Å². The van der Waals surface area contributed by atoms with Crippen molar-refractivity contribution in [1.29, 1.82) is 0 Å². The molecule has 3 aromatic rings. The van der Waals surface area contributed by atoms with E-state index in [2.05, 4.69) is 27.2 Å². The van der Waals surface area contributed by atoms with Crippen molar-refractivity contribution in [3.05, 3.63) is 41.7 Å². The molecule has 0 aliphatic heterocycles. The van der Waals surface area contributed by atoms with E-state index in [9.17, 15) is 8.78 Å². The predicted molar refractivity (Wildman–Crippen MR) is 98.4 cm³/mol. The maximum atomic E-state index is 13.5. The summed E-state index contributed by atoms with van der Waals surface area (Å²) in [7, 11) is 1.90. The van der Waals surface area contributed by atoms with E-state index in [1.165, 1.54) is 12.1 Å². The number of benzene rings is 1. The van der Waals surface area contributed by atoms with Crippen LogP contribution in [0.1, 0.15) is 31.2 Å². The molecule has 136 valence electrons. The minimum atomic E-state index is -0.817. The van der Waals surface area contributed by atoms with E-state index in [4.69, 9.17) is 0 Å². The highest BCUT2D eigenvalue weighted by Gasteiger charge is 2.39. The first-order valence-corrected chi connectivity index (χ1v) is 9.58. The Hall–Kier alpha value is -2.22. The zero-order valence-electron chi connectivity index (χ0n) is 14.5. The van der Waals surface area contributed by atoms with Crippen LogP contribution in [0.3, 0.4) is 0 Å². The third kappa shape index (κ3) is 3.25. The summed E-state index contributed by atoms with van der Waals surface area (Å²) in [5.41, 5.74) is 2.31. The zero-order chi connectivity index (χ0) is 18.3. The van der Waals surface area contributed by atoms with Crippen LogP contribution >= 0.6 is 11.8 Å². The van der Waals surface area contributed by atoms with Crippen molar-refractivity contribution in [3.63, 3.8) is 0 Å². The molecule has 0 amide bonds. The van der Waals surface area contributed by atoms with Gasteiger partial charge in [0.15, 0.2) is 33.8 Å².